The van der Waals surface area contributed by atoms with E-state index in [1.54, 1.807) is 22.7 Å². The van der Waals surface area contributed by atoms with Gasteiger partial charge in [0, 0.05) is 25.2 Å². The summed E-state index contributed by atoms with van der Waals surface area (Å²) in [5.74, 6) is 1.43. The van der Waals surface area contributed by atoms with E-state index < -0.39 is 11.0 Å². The van der Waals surface area contributed by atoms with E-state index >= 15 is 0 Å². The maximum absolute atomic E-state index is 12.2. The molecular formula is C14H21N5O3S. The fourth-order valence-corrected chi connectivity index (χ4v) is 2.96. The van der Waals surface area contributed by atoms with Gasteiger partial charge in [0.15, 0.2) is 0 Å². The first-order valence-electron chi connectivity index (χ1n) is 7.41. The molecule has 1 aromatic heterocycles. The summed E-state index contributed by atoms with van der Waals surface area (Å²) in [4.78, 5) is 28.2. The molecule has 23 heavy (non-hydrogen) atoms. The van der Waals surface area contributed by atoms with Crippen molar-refractivity contribution in [2.75, 3.05) is 30.4 Å². The quantitative estimate of drug-likeness (QED) is 0.564. The number of likely N-dealkylation sites (tertiary alicyclic amines) is 1. The molecule has 2 heterocycles. The van der Waals surface area contributed by atoms with Gasteiger partial charge in [-0.1, -0.05) is 0 Å². The molecule has 2 atom stereocenters. The third kappa shape index (κ3) is 4.80. The van der Waals surface area contributed by atoms with Crippen molar-refractivity contribution < 1.29 is 9.72 Å². The van der Waals surface area contributed by atoms with Gasteiger partial charge in [-0.3, -0.25) is 14.9 Å². The average Bonchev–Trinajstić information content (AvgIpc) is 3.00. The topological polar surface area (TPSA) is 114 Å². The molecule has 1 amide bonds. The van der Waals surface area contributed by atoms with Crippen LogP contribution in [0.3, 0.4) is 0 Å². The van der Waals surface area contributed by atoms with Crippen molar-refractivity contribution in [1.29, 1.82) is 0 Å². The minimum Gasteiger partial charge on any atom is -0.365 e. The molecule has 0 aliphatic carbocycles. The molecular weight excluding hydrogens is 318 g/mol. The molecule has 1 unspecified atom stereocenters. The number of aromatic nitrogens is 1. The molecule has 0 saturated carbocycles. The van der Waals surface area contributed by atoms with E-state index in [0.717, 1.165) is 12.2 Å². The molecule has 0 bridgehead atoms. The number of carbonyl (C=O) groups excluding carboxylic acids is 1. The zero-order valence-electron chi connectivity index (χ0n) is 13.0. The number of rotatable bonds is 7. The van der Waals surface area contributed by atoms with Crippen LogP contribution in [0.5, 0.6) is 0 Å². The summed E-state index contributed by atoms with van der Waals surface area (Å²) in [6.07, 6.45) is 4.70. The summed E-state index contributed by atoms with van der Waals surface area (Å²) in [5, 5.41) is 13.8. The first-order valence-corrected chi connectivity index (χ1v) is 8.81. The number of carbonyl (C=O) groups is 1. The van der Waals surface area contributed by atoms with E-state index in [1.165, 1.54) is 12.3 Å². The van der Waals surface area contributed by atoms with Crippen LogP contribution in [0, 0.1) is 10.1 Å². The second-order valence-corrected chi connectivity index (χ2v) is 6.45. The van der Waals surface area contributed by atoms with Gasteiger partial charge in [-0.05, 0) is 30.9 Å². The van der Waals surface area contributed by atoms with Gasteiger partial charge >= 0.3 is 0 Å². The van der Waals surface area contributed by atoms with Gasteiger partial charge in [0.05, 0.1) is 11.0 Å². The van der Waals surface area contributed by atoms with Crippen molar-refractivity contribution in [2.45, 2.75) is 24.9 Å². The van der Waals surface area contributed by atoms with Crippen LogP contribution in [0.15, 0.2) is 18.3 Å². The number of anilines is 1. The predicted octanol–water partition coefficient (Wildman–Crippen LogP) is 1.08. The van der Waals surface area contributed by atoms with Crippen LogP contribution in [-0.4, -0.2) is 57.9 Å². The Morgan fingerprint density at radius 3 is 3.04 bits per heavy atom. The Balaban J connectivity index is 1.85. The van der Waals surface area contributed by atoms with Crippen molar-refractivity contribution in [2.24, 2.45) is 5.73 Å². The lowest BCUT2D eigenvalue weighted by Crippen LogP contribution is -2.43. The van der Waals surface area contributed by atoms with E-state index in [1.807, 2.05) is 6.26 Å². The number of hydrogen-bond acceptors (Lipinski definition) is 7. The Kier molecular flexibility index (Phi) is 6.17. The molecule has 0 spiro atoms. The molecule has 2 rings (SSSR count). The van der Waals surface area contributed by atoms with Gasteiger partial charge in [0.2, 0.25) is 5.91 Å². The van der Waals surface area contributed by atoms with Gasteiger partial charge < -0.3 is 16.0 Å². The minimum absolute atomic E-state index is 0.0139. The van der Waals surface area contributed by atoms with Crippen LogP contribution >= 0.6 is 11.8 Å². The Morgan fingerprint density at radius 1 is 1.65 bits per heavy atom. The second-order valence-electron chi connectivity index (χ2n) is 5.46. The maximum Gasteiger partial charge on any atom is 0.287 e. The highest BCUT2D eigenvalue weighted by molar-refractivity contribution is 7.98. The third-order valence-corrected chi connectivity index (χ3v) is 4.40. The summed E-state index contributed by atoms with van der Waals surface area (Å²) in [7, 11) is 0. The Labute approximate surface area is 139 Å². The summed E-state index contributed by atoms with van der Waals surface area (Å²) < 4.78 is 0. The molecule has 1 fully saturated rings. The molecule has 1 aliphatic rings. The maximum atomic E-state index is 12.2. The molecule has 126 valence electrons. The lowest BCUT2D eigenvalue weighted by atomic mass is 10.2. The molecule has 3 N–H and O–H groups in total. The van der Waals surface area contributed by atoms with E-state index in [2.05, 4.69) is 10.3 Å². The van der Waals surface area contributed by atoms with Crippen LogP contribution in [-0.2, 0) is 4.79 Å². The van der Waals surface area contributed by atoms with E-state index in [-0.39, 0.29) is 17.6 Å². The number of pyridine rings is 1. The first-order chi connectivity index (χ1) is 11.0. The minimum atomic E-state index is -0.483. The van der Waals surface area contributed by atoms with Crippen LogP contribution in [0.2, 0.25) is 0 Å². The highest BCUT2D eigenvalue weighted by atomic mass is 32.2. The monoisotopic (exact) mass is 339 g/mol. The molecule has 0 radical (unpaired) electrons. The van der Waals surface area contributed by atoms with Crippen LogP contribution < -0.4 is 11.1 Å². The summed E-state index contributed by atoms with van der Waals surface area (Å²) >= 11 is 1.68. The molecule has 0 aromatic carbocycles. The van der Waals surface area contributed by atoms with Crippen molar-refractivity contribution in [3.8, 4) is 0 Å². The fraction of sp³-hybridized carbons (Fsp3) is 0.571. The number of nitrogens with one attached hydrogen (secondary N) is 1. The average molecular weight is 339 g/mol. The normalized spacial score (nSPS) is 18.7. The standard InChI is InChI=1S/C14H21N5O3S/c1-23-7-5-12(15)14(20)18-6-4-10(9-18)17-13-3-2-11(8-16-13)19(21)22/h2-3,8,10,12H,4-7,9,15H2,1H3,(H,16,17)/t10?,12-/m0/s1. The number of nitro groups is 1. The largest absolute Gasteiger partial charge is 0.365 e. The lowest BCUT2D eigenvalue weighted by molar-refractivity contribution is -0.385. The highest BCUT2D eigenvalue weighted by Crippen LogP contribution is 2.17. The molecule has 1 aliphatic heterocycles. The first kappa shape index (κ1) is 17.5. The number of nitrogens with two attached hydrogens (primary N) is 1. The Hall–Kier alpha value is -1.87. The van der Waals surface area contributed by atoms with Gasteiger partial charge in [-0.15, -0.1) is 0 Å². The third-order valence-electron chi connectivity index (χ3n) is 3.76. The highest BCUT2D eigenvalue weighted by Gasteiger charge is 2.29. The van der Waals surface area contributed by atoms with Crippen LogP contribution in [0.25, 0.3) is 0 Å². The molecule has 9 heteroatoms. The van der Waals surface area contributed by atoms with Gasteiger partial charge in [-0.2, -0.15) is 11.8 Å². The molecule has 1 saturated heterocycles. The smallest absolute Gasteiger partial charge is 0.287 e. The molecule has 8 nitrogen and oxygen atoms in total. The van der Waals surface area contributed by atoms with E-state index in [0.29, 0.717) is 25.3 Å². The Bertz CT molecular complexity index is 554. The lowest BCUT2D eigenvalue weighted by Gasteiger charge is -2.21. The fourth-order valence-electron chi connectivity index (χ4n) is 2.47. The van der Waals surface area contributed by atoms with Crippen molar-refractivity contribution in [1.82, 2.24) is 9.88 Å². The zero-order chi connectivity index (χ0) is 16.8. The van der Waals surface area contributed by atoms with Crippen molar-refractivity contribution in [3.05, 3.63) is 28.4 Å². The van der Waals surface area contributed by atoms with E-state index in [4.69, 9.17) is 5.73 Å². The SMILES string of the molecule is CSCC[C@H](N)C(=O)N1CCC(Nc2ccc([N+](=O)[O-])cn2)C1. The van der Waals surface area contributed by atoms with Crippen molar-refractivity contribution >= 4 is 29.2 Å². The van der Waals surface area contributed by atoms with Gasteiger partial charge in [0.25, 0.3) is 5.69 Å². The second kappa shape index (κ2) is 8.11. The number of thioether (sulfide) groups is 1. The predicted molar refractivity (Wildman–Crippen MR) is 90.5 cm³/mol. The number of amides is 1. The summed E-state index contributed by atoms with van der Waals surface area (Å²) in [5.41, 5.74) is 5.88. The van der Waals surface area contributed by atoms with Crippen LogP contribution in [0.4, 0.5) is 11.5 Å². The summed E-state index contributed by atoms with van der Waals surface area (Å²) in [6.45, 7) is 1.24. The van der Waals surface area contributed by atoms with Crippen molar-refractivity contribution in [3.63, 3.8) is 0 Å². The Morgan fingerprint density at radius 2 is 2.43 bits per heavy atom. The van der Waals surface area contributed by atoms with Gasteiger partial charge in [0.1, 0.15) is 12.0 Å². The zero-order valence-corrected chi connectivity index (χ0v) is 13.8. The van der Waals surface area contributed by atoms with Crippen LogP contribution in [0.1, 0.15) is 12.8 Å². The number of hydrogen-bond donors (Lipinski definition) is 2. The summed E-state index contributed by atoms with van der Waals surface area (Å²) in [6, 6.07) is 2.62. The van der Waals surface area contributed by atoms with Gasteiger partial charge in [-0.25, -0.2) is 4.98 Å². The number of nitrogens with zero attached hydrogens (tertiary/aromatic N) is 3. The van der Waals surface area contributed by atoms with E-state index in [9.17, 15) is 14.9 Å². The molecule has 1 aromatic rings.